The minimum Gasteiger partial charge on any atom is -0.333 e. The van der Waals surface area contributed by atoms with Gasteiger partial charge in [-0.2, -0.15) is 9.61 Å². The highest BCUT2D eigenvalue weighted by Crippen LogP contribution is 2.31. The number of nitrogens with zero attached hydrogens (tertiary/aromatic N) is 5. The van der Waals surface area contributed by atoms with E-state index in [1.54, 1.807) is 4.52 Å². The average Bonchev–Trinajstić information content (AvgIpc) is 3.15. The van der Waals surface area contributed by atoms with Crippen LogP contribution in [0.1, 0.15) is 36.8 Å². The molecule has 3 heterocycles. The molecule has 1 unspecified atom stereocenters. The second-order valence-corrected chi connectivity index (χ2v) is 7.76. The van der Waals surface area contributed by atoms with E-state index in [-0.39, 0.29) is 11.9 Å². The molecule has 0 radical (unpaired) electrons. The highest BCUT2D eigenvalue weighted by Gasteiger charge is 2.29. The summed E-state index contributed by atoms with van der Waals surface area (Å²) in [7, 11) is 0. The van der Waals surface area contributed by atoms with Gasteiger partial charge in [-0.1, -0.05) is 45.5 Å². The van der Waals surface area contributed by atoms with Crippen molar-refractivity contribution in [2.75, 3.05) is 6.54 Å². The van der Waals surface area contributed by atoms with Gasteiger partial charge < -0.3 is 4.90 Å². The molecule has 0 spiro atoms. The van der Waals surface area contributed by atoms with Crippen LogP contribution in [-0.4, -0.2) is 43.2 Å². The summed E-state index contributed by atoms with van der Waals surface area (Å²) in [6, 6.07) is 8.12. The van der Waals surface area contributed by atoms with Gasteiger partial charge in [0.1, 0.15) is 5.01 Å². The third-order valence-corrected chi connectivity index (χ3v) is 5.97. The van der Waals surface area contributed by atoms with E-state index in [4.69, 9.17) is 0 Å². The summed E-state index contributed by atoms with van der Waals surface area (Å²) in [6.45, 7) is 2.86. The number of halogens is 1. The maximum atomic E-state index is 12.9. The Labute approximate surface area is 151 Å². The van der Waals surface area contributed by atoms with E-state index in [1.165, 1.54) is 17.8 Å². The minimum absolute atomic E-state index is 0.0846. The Hall–Kier alpha value is -1.80. The lowest BCUT2D eigenvalue weighted by Crippen LogP contribution is -2.42. The Balaban J connectivity index is 1.72. The first kappa shape index (κ1) is 15.7. The van der Waals surface area contributed by atoms with Crippen LogP contribution in [0, 0.1) is 0 Å². The molecular formula is C16H16BrN5OS. The molecule has 24 heavy (non-hydrogen) atoms. The van der Waals surface area contributed by atoms with Crippen molar-refractivity contribution in [3.8, 4) is 10.6 Å². The molecule has 0 bridgehead atoms. The zero-order chi connectivity index (χ0) is 16.7. The summed E-state index contributed by atoms with van der Waals surface area (Å²) in [5.41, 5.74) is 0.984. The average molecular weight is 406 g/mol. The van der Waals surface area contributed by atoms with Crippen LogP contribution in [-0.2, 0) is 0 Å². The fourth-order valence-electron chi connectivity index (χ4n) is 3.02. The normalized spacial score (nSPS) is 18.2. The molecule has 1 fully saturated rings. The van der Waals surface area contributed by atoms with E-state index in [2.05, 4.69) is 38.1 Å². The molecule has 0 N–H and O–H groups in total. The van der Waals surface area contributed by atoms with Crippen LogP contribution < -0.4 is 0 Å². The van der Waals surface area contributed by atoms with Gasteiger partial charge in [0.05, 0.1) is 0 Å². The Morgan fingerprint density at radius 3 is 2.92 bits per heavy atom. The van der Waals surface area contributed by atoms with Crippen molar-refractivity contribution in [1.29, 1.82) is 0 Å². The molecular weight excluding hydrogens is 390 g/mol. The smallest absolute Gasteiger partial charge is 0.293 e. The van der Waals surface area contributed by atoms with Crippen molar-refractivity contribution in [3.63, 3.8) is 0 Å². The van der Waals surface area contributed by atoms with E-state index in [0.29, 0.717) is 10.8 Å². The summed E-state index contributed by atoms with van der Waals surface area (Å²) < 4.78 is 2.54. The van der Waals surface area contributed by atoms with Gasteiger partial charge in [-0.05, 0) is 32.3 Å². The van der Waals surface area contributed by atoms with Gasteiger partial charge >= 0.3 is 0 Å². The number of hydrogen-bond donors (Lipinski definition) is 0. The first-order valence-electron chi connectivity index (χ1n) is 7.93. The molecule has 2 aromatic heterocycles. The zero-order valence-corrected chi connectivity index (χ0v) is 15.5. The maximum Gasteiger partial charge on any atom is 0.293 e. The third kappa shape index (κ3) is 2.63. The number of hydrogen-bond acceptors (Lipinski definition) is 5. The van der Waals surface area contributed by atoms with Gasteiger partial charge in [0.15, 0.2) is 0 Å². The Morgan fingerprint density at radius 2 is 2.12 bits per heavy atom. The molecule has 0 aliphatic carbocycles. The first-order valence-corrected chi connectivity index (χ1v) is 9.54. The molecule has 124 valence electrons. The lowest BCUT2D eigenvalue weighted by molar-refractivity contribution is 0.0620. The zero-order valence-electron chi connectivity index (χ0n) is 13.1. The summed E-state index contributed by atoms with van der Waals surface area (Å²) >= 11 is 4.97. The predicted octanol–water partition coefficient (Wildman–Crippen LogP) is 3.63. The standard InChI is InChI=1S/C16H16BrN5OS/c1-10-6-4-5-9-21(10)15(23)13-18-19-16-22(13)20-14(24-16)11-7-2-3-8-12(11)17/h2-3,7-8,10H,4-6,9H2,1H3. The van der Waals surface area contributed by atoms with Crippen LogP contribution >= 0.6 is 27.3 Å². The number of aromatic nitrogens is 4. The fraction of sp³-hybridized carbons (Fsp3) is 0.375. The van der Waals surface area contributed by atoms with E-state index in [9.17, 15) is 4.79 Å². The second-order valence-electron chi connectivity index (χ2n) is 5.95. The lowest BCUT2D eigenvalue weighted by atomic mass is 10.0. The molecule has 1 atom stereocenters. The van der Waals surface area contributed by atoms with Gasteiger partial charge in [-0.3, -0.25) is 4.79 Å². The highest BCUT2D eigenvalue weighted by molar-refractivity contribution is 9.10. The van der Waals surface area contributed by atoms with Crippen molar-refractivity contribution in [2.24, 2.45) is 0 Å². The summed E-state index contributed by atoms with van der Waals surface area (Å²) in [6.07, 6.45) is 3.24. The number of piperidine rings is 1. The van der Waals surface area contributed by atoms with Gasteiger partial charge in [-0.15, -0.1) is 10.2 Å². The topological polar surface area (TPSA) is 63.4 Å². The predicted molar refractivity (Wildman–Crippen MR) is 96.1 cm³/mol. The number of benzene rings is 1. The number of likely N-dealkylation sites (tertiary alicyclic amines) is 1. The number of rotatable bonds is 2. The molecule has 1 aliphatic rings. The molecule has 6 nitrogen and oxygen atoms in total. The van der Waals surface area contributed by atoms with Crippen LogP contribution in [0.5, 0.6) is 0 Å². The van der Waals surface area contributed by atoms with Crippen molar-refractivity contribution in [3.05, 3.63) is 34.6 Å². The van der Waals surface area contributed by atoms with E-state index < -0.39 is 0 Å². The van der Waals surface area contributed by atoms with E-state index in [0.717, 1.165) is 34.4 Å². The largest absolute Gasteiger partial charge is 0.333 e. The van der Waals surface area contributed by atoms with Crippen LogP contribution in [0.15, 0.2) is 28.7 Å². The molecule has 1 aromatic carbocycles. The summed E-state index contributed by atoms with van der Waals surface area (Å²) in [5.74, 6) is 0.215. The minimum atomic E-state index is -0.0846. The molecule has 8 heteroatoms. The SMILES string of the molecule is CC1CCCCN1C(=O)c1nnc2sc(-c3ccccc3Br)nn12. The Bertz CT molecular complexity index is 905. The number of amides is 1. The molecule has 4 rings (SSSR count). The van der Waals surface area contributed by atoms with Crippen molar-refractivity contribution in [1.82, 2.24) is 24.7 Å². The molecule has 3 aromatic rings. The van der Waals surface area contributed by atoms with Gasteiger partial charge in [0.2, 0.25) is 10.8 Å². The second kappa shape index (κ2) is 6.25. The Morgan fingerprint density at radius 1 is 1.29 bits per heavy atom. The van der Waals surface area contributed by atoms with Crippen molar-refractivity contribution >= 4 is 38.1 Å². The van der Waals surface area contributed by atoms with Gasteiger partial charge in [0, 0.05) is 22.6 Å². The third-order valence-electron chi connectivity index (χ3n) is 4.35. The van der Waals surface area contributed by atoms with E-state index >= 15 is 0 Å². The van der Waals surface area contributed by atoms with Crippen LogP contribution in [0.2, 0.25) is 0 Å². The van der Waals surface area contributed by atoms with Gasteiger partial charge in [0.25, 0.3) is 5.91 Å². The first-order chi connectivity index (χ1) is 11.6. The maximum absolute atomic E-state index is 12.9. The summed E-state index contributed by atoms with van der Waals surface area (Å²) in [4.78, 5) is 15.4. The fourth-order valence-corrected chi connectivity index (χ4v) is 4.50. The van der Waals surface area contributed by atoms with Crippen molar-refractivity contribution in [2.45, 2.75) is 32.2 Å². The quantitative estimate of drug-likeness (QED) is 0.652. The lowest BCUT2D eigenvalue weighted by Gasteiger charge is -2.32. The molecule has 1 aliphatic heterocycles. The number of carbonyl (C=O) groups excluding carboxylic acids is 1. The number of carbonyl (C=O) groups is 1. The Kier molecular flexibility index (Phi) is 4.09. The molecule has 0 saturated carbocycles. The monoisotopic (exact) mass is 405 g/mol. The van der Waals surface area contributed by atoms with E-state index in [1.807, 2.05) is 29.2 Å². The molecule has 1 amide bonds. The summed E-state index contributed by atoms with van der Waals surface area (Å²) in [5, 5.41) is 13.6. The van der Waals surface area contributed by atoms with Crippen molar-refractivity contribution < 1.29 is 4.79 Å². The van der Waals surface area contributed by atoms with Gasteiger partial charge in [-0.25, -0.2) is 0 Å². The van der Waals surface area contributed by atoms with Crippen LogP contribution in [0.4, 0.5) is 0 Å². The molecule has 1 saturated heterocycles. The van der Waals surface area contributed by atoms with Crippen LogP contribution in [0.3, 0.4) is 0 Å². The van der Waals surface area contributed by atoms with Crippen LogP contribution in [0.25, 0.3) is 15.5 Å². The number of fused-ring (bicyclic) bond motifs is 1. The highest BCUT2D eigenvalue weighted by atomic mass is 79.9.